The van der Waals surface area contributed by atoms with Crippen molar-refractivity contribution >= 4 is 5.91 Å². The van der Waals surface area contributed by atoms with Gasteiger partial charge in [-0.15, -0.1) is 0 Å². The summed E-state index contributed by atoms with van der Waals surface area (Å²) in [6, 6.07) is 12.0. The predicted octanol–water partition coefficient (Wildman–Crippen LogP) is 4.14. The third-order valence-corrected chi connectivity index (χ3v) is 4.47. The highest BCUT2D eigenvalue weighted by atomic mass is 16.5. The van der Waals surface area contributed by atoms with Gasteiger partial charge >= 0.3 is 0 Å². The number of hydrogen-bond donors (Lipinski definition) is 1. The fraction of sp³-hybridized carbons (Fsp3) is 0.364. The van der Waals surface area contributed by atoms with Crippen LogP contribution < -0.4 is 5.32 Å². The van der Waals surface area contributed by atoms with Crippen LogP contribution in [-0.4, -0.2) is 21.0 Å². The normalized spacial score (nSPS) is 12.1. The van der Waals surface area contributed by atoms with Gasteiger partial charge in [0.05, 0.1) is 6.04 Å². The van der Waals surface area contributed by atoms with Crippen LogP contribution in [0.15, 0.2) is 53.3 Å². The van der Waals surface area contributed by atoms with Crippen LogP contribution in [0.5, 0.6) is 0 Å². The number of pyridine rings is 1. The van der Waals surface area contributed by atoms with E-state index in [1.54, 1.807) is 12.4 Å². The van der Waals surface area contributed by atoms with E-state index in [0.717, 1.165) is 17.5 Å². The second-order valence-corrected chi connectivity index (χ2v) is 7.38. The van der Waals surface area contributed by atoms with Crippen LogP contribution in [0.1, 0.15) is 50.3 Å². The summed E-state index contributed by atoms with van der Waals surface area (Å²) in [4.78, 5) is 20.6. The SMILES string of the molecule is CC(C)Cc1ccc(C(C)NC(=O)CCc2nc(-c3ccncc3)no2)cc1. The minimum absolute atomic E-state index is 0.0394. The second kappa shape index (κ2) is 9.26. The van der Waals surface area contributed by atoms with Gasteiger partial charge in [0.15, 0.2) is 0 Å². The molecule has 1 aromatic carbocycles. The van der Waals surface area contributed by atoms with Gasteiger partial charge in [-0.2, -0.15) is 4.98 Å². The number of benzene rings is 1. The number of nitrogens with zero attached hydrogens (tertiary/aromatic N) is 3. The molecule has 1 atom stereocenters. The van der Waals surface area contributed by atoms with Crippen LogP contribution in [0.2, 0.25) is 0 Å². The number of aryl methyl sites for hydroxylation is 1. The average Bonchev–Trinajstić information content (AvgIpc) is 3.16. The summed E-state index contributed by atoms with van der Waals surface area (Å²) in [5.74, 6) is 1.55. The van der Waals surface area contributed by atoms with Crippen molar-refractivity contribution in [2.45, 2.75) is 46.1 Å². The van der Waals surface area contributed by atoms with Gasteiger partial charge in [0.1, 0.15) is 0 Å². The Morgan fingerprint density at radius 1 is 1.07 bits per heavy atom. The molecule has 1 unspecified atom stereocenters. The summed E-state index contributed by atoms with van der Waals surface area (Å²) in [6.07, 6.45) is 5.12. The minimum atomic E-state index is -0.0457. The monoisotopic (exact) mass is 378 g/mol. The van der Waals surface area contributed by atoms with Gasteiger partial charge in [-0.1, -0.05) is 43.3 Å². The van der Waals surface area contributed by atoms with Crippen molar-refractivity contribution in [2.75, 3.05) is 0 Å². The molecule has 3 rings (SSSR count). The lowest BCUT2D eigenvalue weighted by Crippen LogP contribution is -2.26. The van der Waals surface area contributed by atoms with Crippen molar-refractivity contribution < 1.29 is 9.32 Å². The molecule has 2 heterocycles. The van der Waals surface area contributed by atoms with Gasteiger partial charge in [-0.3, -0.25) is 9.78 Å². The largest absolute Gasteiger partial charge is 0.350 e. The smallest absolute Gasteiger partial charge is 0.227 e. The maximum absolute atomic E-state index is 12.3. The molecule has 0 radical (unpaired) electrons. The Kier molecular flexibility index (Phi) is 6.53. The van der Waals surface area contributed by atoms with Crippen molar-refractivity contribution in [1.82, 2.24) is 20.4 Å². The average molecular weight is 378 g/mol. The number of carbonyl (C=O) groups is 1. The predicted molar refractivity (Wildman–Crippen MR) is 107 cm³/mol. The lowest BCUT2D eigenvalue weighted by atomic mass is 10.00. The highest BCUT2D eigenvalue weighted by molar-refractivity contribution is 5.76. The molecule has 146 valence electrons. The van der Waals surface area contributed by atoms with E-state index >= 15 is 0 Å². The first kappa shape index (κ1) is 19.7. The van der Waals surface area contributed by atoms with E-state index in [1.807, 2.05) is 19.1 Å². The molecule has 1 amide bonds. The van der Waals surface area contributed by atoms with Crippen LogP contribution in [0.4, 0.5) is 0 Å². The summed E-state index contributed by atoms with van der Waals surface area (Å²) < 4.78 is 5.24. The molecule has 0 saturated heterocycles. The summed E-state index contributed by atoms with van der Waals surface area (Å²) in [5.41, 5.74) is 3.25. The van der Waals surface area contributed by atoms with Gasteiger partial charge in [0.25, 0.3) is 0 Å². The number of rotatable bonds is 8. The maximum atomic E-state index is 12.3. The van der Waals surface area contributed by atoms with E-state index in [-0.39, 0.29) is 11.9 Å². The van der Waals surface area contributed by atoms with E-state index in [1.165, 1.54) is 5.56 Å². The number of amides is 1. The molecule has 0 aliphatic carbocycles. The Hall–Kier alpha value is -3.02. The van der Waals surface area contributed by atoms with Gasteiger partial charge < -0.3 is 9.84 Å². The van der Waals surface area contributed by atoms with Crippen LogP contribution in [0, 0.1) is 5.92 Å². The van der Waals surface area contributed by atoms with Crippen LogP contribution in [0.25, 0.3) is 11.4 Å². The fourth-order valence-electron chi connectivity index (χ4n) is 3.01. The van der Waals surface area contributed by atoms with Gasteiger partial charge in [0.2, 0.25) is 17.6 Å². The Bertz CT molecular complexity index is 888. The zero-order valence-electron chi connectivity index (χ0n) is 16.6. The van der Waals surface area contributed by atoms with Crippen LogP contribution in [0.3, 0.4) is 0 Å². The molecule has 0 aliphatic heterocycles. The number of nitrogens with one attached hydrogen (secondary N) is 1. The van der Waals surface area contributed by atoms with Gasteiger partial charge in [-0.05, 0) is 42.5 Å². The zero-order chi connectivity index (χ0) is 19.9. The molecule has 6 nitrogen and oxygen atoms in total. The summed E-state index contributed by atoms with van der Waals surface area (Å²) in [6.45, 7) is 6.41. The summed E-state index contributed by atoms with van der Waals surface area (Å²) in [5, 5.41) is 6.98. The van der Waals surface area contributed by atoms with Crippen molar-refractivity contribution in [3.63, 3.8) is 0 Å². The molecule has 28 heavy (non-hydrogen) atoms. The summed E-state index contributed by atoms with van der Waals surface area (Å²) in [7, 11) is 0. The van der Waals surface area contributed by atoms with E-state index in [9.17, 15) is 4.79 Å². The Labute approximate surface area is 165 Å². The van der Waals surface area contributed by atoms with E-state index in [2.05, 4.69) is 58.6 Å². The lowest BCUT2D eigenvalue weighted by Gasteiger charge is -2.15. The first-order valence-corrected chi connectivity index (χ1v) is 9.62. The highest BCUT2D eigenvalue weighted by Crippen LogP contribution is 2.17. The van der Waals surface area contributed by atoms with Gasteiger partial charge in [0, 0.05) is 30.8 Å². The minimum Gasteiger partial charge on any atom is -0.350 e. The van der Waals surface area contributed by atoms with Crippen molar-refractivity contribution in [2.24, 2.45) is 5.92 Å². The topological polar surface area (TPSA) is 80.9 Å². The molecule has 0 bridgehead atoms. The quantitative estimate of drug-likeness (QED) is 0.637. The van der Waals surface area contributed by atoms with Crippen molar-refractivity contribution in [1.29, 1.82) is 0 Å². The fourth-order valence-corrected chi connectivity index (χ4v) is 3.01. The Balaban J connectivity index is 1.49. The number of hydrogen-bond acceptors (Lipinski definition) is 5. The molecule has 1 N–H and O–H groups in total. The van der Waals surface area contributed by atoms with Crippen molar-refractivity contribution in [3.8, 4) is 11.4 Å². The Morgan fingerprint density at radius 2 is 1.79 bits per heavy atom. The zero-order valence-corrected chi connectivity index (χ0v) is 16.6. The standard InChI is InChI=1S/C22H26N4O2/c1-15(2)14-17-4-6-18(7-5-17)16(3)24-20(27)8-9-21-25-22(26-28-21)19-10-12-23-13-11-19/h4-7,10-13,15-16H,8-9,14H2,1-3H3,(H,24,27). The highest BCUT2D eigenvalue weighted by Gasteiger charge is 2.13. The molecule has 0 spiro atoms. The molecular weight excluding hydrogens is 352 g/mol. The third kappa shape index (κ3) is 5.49. The van der Waals surface area contributed by atoms with E-state index in [0.29, 0.717) is 30.5 Å². The summed E-state index contributed by atoms with van der Waals surface area (Å²) >= 11 is 0. The molecule has 0 fully saturated rings. The molecule has 3 aromatic rings. The molecule has 2 aromatic heterocycles. The van der Waals surface area contributed by atoms with E-state index < -0.39 is 0 Å². The molecule has 6 heteroatoms. The van der Waals surface area contributed by atoms with Gasteiger partial charge in [-0.25, -0.2) is 0 Å². The lowest BCUT2D eigenvalue weighted by molar-refractivity contribution is -0.121. The molecule has 0 aliphatic rings. The maximum Gasteiger partial charge on any atom is 0.227 e. The van der Waals surface area contributed by atoms with Crippen LogP contribution in [-0.2, 0) is 17.6 Å². The first-order chi connectivity index (χ1) is 13.5. The molecule has 0 saturated carbocycles. The van der Waals surface area contributed by atoms with Crippen LogP contribution >= 0.6 is 0 Å². The number of carbonyl (C=O) groups excluding carboxylic acids is 1. The van der Waals surface area contributed by atoms with Crippen molar-refractivity contribution in [3.05, 3.63) is 65.8 Å². The first-order valence-electron chi connectivity index (χ1n) is 9.62. The molecular formula is C22H26N4O2. The van der Waals surface area contributed by atoms with E-state index in [4.69, 9.17) is 4.52 Å². The second-order valence-electron chi connectivity index (χ2n) is 7.38. The number of aromatic nitrogens is 3. The third-order valence-electron chi connectivity index (χ3n) is 4.47. The Morgan fingerprint density at radius 3 is 2.46 bits per heavy atom.